The Bertz CT molecular complexity index is 6250. The molecule has 3 aromatic heterocycles. The number of amides is 12. The van der Waals surface area contributed by atoms with Gasteiger partial charge in [0.15, 0.2) is 5.78 Å². The quantitative estimate of drug-likeness (QED) is 0.0241. The van der Waals surface area contributed by atoms with E-state index in [1.165, 1.54) is 26.5 Å². The Morgan fingerprint density at radius 3 is 1.21 bits per heavy atom. The molecule has 10 N–H and O–H groups in total. The molecule has 0 bridgehead atoms. The number of carbonyl (C=O) groups excluding carboxylic acids is 13. The monoisotopic (exact) mass is 2110 g/mol. The first kappa shape index (κ1) is 120. The number of β-amino-alcohol motifs (C(OH)–C–C–N with tert-alkyl or cyclic N) is 3. The van der Waals surface area contributed by atoms with E-state index in [0.717, 1.165) is 87.3 Å². The van der Waals surface area contributed by atoms with Crippen molar-refractivity contribution in [2.24, 2.45) is 33.0 Å². The van der Waals surface area contributed by atoms with Crippen molar-refractivity contribution in [3.63, 3.8) is 0 Å². The third kappa shape index (κ3) is 31.5. The lowest BCUT2D eigenvalue weighted by Gasteiger charge is -2.36. The van der Waals surface area contributed by atoms with Crippen molar-refractivity contribution < 1.29 is 77.6 Å². The molecule has 0 saturated carbocycles. The first-order chi connectivity index (χ1) is 69.7. The number of nitrogens with one attached hydrogen (secondary N) is 7. The summed E-state index contributed by atoms with van der Waals surface area (Å²) in [6, 6.07) is 29.8. The van der Waals surface area contributed by atoms with Crippen molar-refractivity contribution in [1.29, 1.82) is 5.26 Å². The molecule has 0 aliphatic carbocycles. The van der Waals surface area contributed by atoms with Gasteiger partial charge < -0.3 is 77.0 Å². The molecule has 4 saturated heterocycles. The van der Waals surface area contributed by atoms with E-state index in [1.807, 2.05) is 223 Å². The van der Waals surface area contributed by atoms with Gasteiger partial charge in [0.1, 0.15) is 48.3 Å². The summed E-state index contributed by atoms with van der Waals surface area (Å²) < 4.78 is 0. The van der Waals surface area contributed by atoms with E-state index in [2.05, 4.69) is 118 Å². The summed E-state index contributed by atoms with van der Waals surface area (Å²) in [5.74, 6) is -4.12. The number of aromatic nitrogens is 3. The summed E-state index contributed by atoms with van der Waals surface area (Å²) in [5.41, 5.74) is 17.2. The summed E-state index contributed by atoms with van der Waals surface area (Å²) in [6.45, 7) is 55.5. The van der Waals surface area contributed by atoms with Crippen molar-refractivity contribution in [3.8, 4) is 37.4 Å². The maximum absolute atomic E-state index is 14.0. The smallest absolute Gasteiger partial charge is 0.255 e. The number of fused-ring (bicyclic) bond motifs is 1. The molecule has 8 heterocycles. The van der Waals surface area contributed by atoms with Crippen LogP contribution in [0, 0.1) is 65.1 Å². The third-order valence-corrected chi connectivity index (χ3v) is 30.1. The highest BCUT2D eigenvalue weighted by Crippen LogP contribution is 2.40. The number of thiazole rings is 3. The number of rotatable bonds is 26. The molecule has 150 heavy (non-hydrogen) atoms. The molecule has 5 aliphatic rings. The van der Waals surface area contributed by atoms with Crippen LogP contribution in [0.1, 0.15) is 290 Å². The second kappa shape index (κ2) is 49.4. The zero-order valence-electron chi connectivity index (χ0n) is 92.4. The standard InChI is InChI=1S/C33H40N4O4S.C28H40N4O4S.C28H38N4O4S.C26H38N4O4/c1-19(2)28(37-16-23-9-7-8-10-25(23)31(37)40)32(41)36-17-24(38)14-27(36)30(39)34-15-22-12-11-21(13-26(22)33(4,5)6)29-20(3)35-18-42-29;1-16-23(37-15-30-16)18-9-10-19(21(11-18)27(3,4)5)13-29-25(35)22-12-20(34)14-32(22)26(36)24(28(6,7)8)31-17(2)33;1-17-23(37-16-30-17)19-10-8-18(9-11-19)14-29-25(35)21-12-20(33)15-32(21)26(36)24(28(5,6)7)31-22(34)13-27(2,3)4;1-16(18-10-8-17(14-27)9-11-18)28-23(33)20-12-19(31)15-30(20)24(34)22(26(5,6)7)29-21(32)13-25(2,3)4/h7-13,18-19,24,27-28,38H,14-17H2,1-6H3,(H,34,39);9-11,15,20,22,24,34H,12-14H2,1-8H3,(H,29,35)(H,31,33);8-11,16,21,24H,12-15H2,1-7H3,(H,29,35)(H,31,34);8-11,16,19-20,22,31H,12-13,15H2,1-7H3,(H,28,33)(H,29,32). The van der Waals surface area contributed by atoms with Gasteiger partial charge >= 0.3 is 0 Å². The Balaban J connectivity index is 0.000000205. The summed E-state index contributed by atoms with van der Waals surface area (Å²) in [7, 11) is 0. The number of aryl methyl sites for hydroxylation is 3. The number of aliphatic hydroxyl groups is 3. The fourth-order valence-corrected chi connectivity index (χ4v) is 21.8. The number of hydrogen-bond acceptors (Lipinski definition) is 23. The lowest BCUT2D eigenvalue weighted by molar-refractivity contribution is -0.144. The number of likely N-dealkylation sites (tertiary alicyclic amines) is 4. The number of benzene rings is 5. The second-order valence-corrected chi connectivity index (χ2v) is 50.8. The Labute approximate surface area is 896 Å². The summed E-state index contributed by atoms with van der Waals surface area (Å²) in [6.07, 6.45) is -1.50. The maximum Gasteiger partial charge on any atom is 0.255 e. The van der Waals surface area contributed by atoms with E-state index in [4.69, 9.17) is 5.26 Å². The van der Waals surface area contributed by atoms with Gasteiger partial charge in [0.25, 0.3) is 5.91 Å². The largest absolute Gasteiger partial charge is 0.391 e. The van der Waals surface area contributed by atoms with Crippen LogP contribution in [0.25, 0.3) is 31.3 Å². The van der Waals surface area contributed by atoms with Gasteiger partial charge in [-0.2, -0.15) is 5.26 Å². The van der Waals surface area contributed by atoms with Crippen LogP contribution >= 0.6 is 34.0 Å². The van der Waals surface area contributed by atoms with Gasteiger partial charge in [0.2, 0.25) is 65.0 Å². The Morgan fingerprint density at radius 1 is 0.447 bits per heavy atom. The first-order valence-corrected chi connectivity index (χ1v) is 54.1. The normalized spacial score (nSPS) is 18.9. The number of hydrogen-bond donors (Lipinski definition) is 10. The Hall–Kier alpha value is -12.3. The zero-order chi connectivity index (χ0) is 111. The number of ketones is 1. The van der Waals surface area contributed by atoms with Crippen molar-refractivity contribution in [2.45, 2.75) is 342 Å². The van der Waals surface area contributed by atoms with Crippen LogP contribution in [0.2, 0.25) is 0 Å². The second-order valence-electron chi connectivity index (χ2n) is 48.3. The fourth-order valence-electron chi connectivity index (χ4n) is 19.4. The van der Waals surface area contributed by atoms with Gasteiger partial charge in [0.05, 0.1) is 90.8 Å². The average molecular weight is 2110 g/mol. The molecule has 32 nitrogen and oxygen atoms in total. The SMILES string of the molecule is CC(=O)NC(C(=O)N1CC(O)CC1C(=O)NCc1ccc(-c2scnc2C)cc1C(C)(C)C)C(C)(C)C.CC(NC(=O)C1CC(O)CN1C(=O)C(NC(=O)CC(C)(C)C)C(C)(C)C)c1ccc(C#N)cc1.Cc1ncsc1-c1ccc(CNC(=O)C2CC(=O)CN2C(=O)C(NC(=O)CC(C)(C)C)C(C)(C)C)cc1.Cc1ncsc1-c1ccc(CNC(=O)C2CC(O)CN2C(=O)C(C(C)C)N2Cc3ccccc3C2=O)c(C(C)(C)C)c1. The lowest BCUT2D eigenvalue weighted by atomic mass is 9.82. The van der Waals surface area contributed by atoms with Crippen LogP contribution in [0.4, 0.5) is 0 Å². The van der Waals surface area contributed by atoms with Crippen molar-refractivity contribution >= 4 is 111 Å². The van der Waals surface area contributed by atoms with Crippen LogP contribution in [-0.4, -0.2) is 224 Å². The van der Waals surface area contributed by atoms with E-state index in [-0.39, 0.29) is 176 Å². The van der Waals surface area contributed by atoms with E-state index < -0.39 is 88.8 Å². The van der Waals surface area contributed by atoms with Crippen LogP contribution in [0.5, 0.6) is 0 Å². The minimum atomic E-state index is -0.900. The van der Waals surface area contributed by atoms with Crippen molar-refractivity contribution in [1.82, 2.24) is 76.7 Å². The molecule has 5 aliphatic heterocycles. The van der Waals surface area contributed by atoms with Gasteiger partial charge in [0, 0.05) is 96.8 Å². The first-order valence-electron chi connectivity index (χ1n) is 51.5. The molecular formula is C115H156N16O16S3. The molecule has 35 heteroatoms. The highest BCUT2D eigenvalue weighted by atomic mass is 32.1. The number of nitriles is 1. The topological polar surface area (TPSA) is 445 Å². The highest BCUT2D eigenvalue weighted by Gasteiger charge is 2.51. The van der Waals surface area contributed by atoms with Gasteiger partial charge in [-0.25, -0.2) is 15.0 Å². The number of Topliss-reactive ketones (excluding diaryl/α,β-unsaturated/α-hetero) is 1. The highest BCUT2D eigenvalue weighted by molar-refractivity contribution is 7.14. The van der Waals surface area contributed by atoms with Crippen LogP contribution in [0.15, 0.2) is 126 Å². The average Bonchev–Trinajstić information content (AvgIpc) is 1.63. The van der Waals surface area contributed by atoms with Gasteiger partial charge in [-0.15, -0.1) is 34.0 Å². The molecule has 12 atom stereocenters. The van der Waals surface area contributed by atoms with Crippen LogP contribution < -0.4 is 37.2 Å². The summed E-state index contributed by atoms with van der Waals surface area (Å²) in [4.78, 5) is 194. The third-order valence-electron chi connectivity index (χ3n) is 27.2. The molecule has 8 aromatic rings. The molecule has 0 radical (unpaired) electrons. The molecule has 5 aromatic carbocycles. The van der Waals surface area contributed by atoms with E-state index >= 15 is 0 Å². The number of carbonyl (C=O) groups is 13. The lowest BCUT2D eigenvalue weighted by Crippen LogP contribution is -2.58. The summed E-state index contributed by atoms with van der Waals surface area (Å²) >= 11 is 4.79. The number of nitrogens with zero attached hydrogens (tertiary/aromatic N) is 9. The van der Waals surface area contributed by atoms with Crippen molar-refractivity contribution in [3.05, 3.63) is 193 Å². The minimum absolute atomic E-state index is 0.0316. The van der Waals surface area contributed by atoms with Gasteiger partial charge in [-0.05, 0) is 157 Å². The van der Waals surface area contributed by atoms with E-state index in [1.54, 1.807) is 69.2 Å². The van der Waals surface area contributed by atoms with Gasteiger partial charge in [-0.1, -0.05) is 238 Å². The predicted octanol–water partition coefficient (Wildman–Crippen LogP) is 14.8. The maximum atomic E-state index is 14.0. The molecule has 810 valence electrons. The van der Waals surface area contributed by atoms with Gasteiger partial charge in [-0.3, -0.25) is 62.3 Å². The molecule has 12 amide bonds. The summed E-state index contributed by atoms with van der Waals surface area (Å²) in [5, 5.41) is 60.5. The Morgan fingerprint density at radius 2 is 0.827 bits per heavy atom. The fraction of sp³-hybridized carbons (Fsp3) is 0.539. The minimum Gasteiger partial charge on any atom is -0.391 e. The van der Waals surface area contributed by atoms with E-state index in [9.17, 15) is 77.6 Å². The Kier molecular flexibility index (Phi) is 39.4. The molecule has 12 unspecified atom stereocenters. The predicted molar refractivity (Wildman–Crippen MR) is 584 cm³/mol. The zero-order valence-corrected chi connectivity index (χ0v) is 94.9. The van der Waals surface area contributed by atoms with Crippen molar-refractivity contribution in [2.75, 3.05) is 26.2 Å². The molecule has 13 rings (SSSR count). The molecular weight excluding hydrogens is 1960 g/mol. The molecule has 4 fully saturated rings. The van der Waals surface area contributed by atoms with E-state index in [0.29, 0.717) is 30.8 Å². The molecule has 0 spiro atoms. The number of aliphatic hydroxyl groups excluding tert-OH is 3. The van der Waals surface area contributed by atoms with Crippen LogP contribution in [0.3, 0.4) is 0 Å². The van der Waals surface area contributed by atoms with Crippen LogP contribution in [-0.2, 0) is 94.5 Å².